The van der Waals surface area contributed by atoms with Gasteiger partial charge in [0, 0.05) is 10.6 Å². The number of halogens is 4. The molecule has 0 aliphatic rings. The van der Waals surface area contributed by atoms with Gasteiger partial charge in [0.05, 0.1) is 0 Å². The Hall–Kier alpha value is -1.49. The first-order valence-electron chi connectivity index (χ1n) is 4.25. The topological polar surface area (TPSA) is 26.0 Å². The van der Waals surface area contributed by atoms with Gasteiger partial charge in [0.1, 0.15) is 12.0 Å². The predicted molar refractivity (Wildman–Crippen MR) is 52.0 cm³/mol. The molecule has 0 unspecified atom stereocenters. The molecule has 0 atom stereocenters. The number of alkyl halides is 3. The minimum Gasteiger partial charge on any atom is -0.441 e. The highest BCUT2D eigenvalue weighted by Crippen LogP contribution is 2.31. The summed E-state index contributed by atoms with van der Waals surface area (Å²) in [5, 5.41) is 0.425. The molecular weight excluding hydrogens is 243 g/mol. The zero-order chi connectivity index (χ0) is 11.8. The number of benzene rings is 1. The molecule has 0 saturated carbocycles. The van der Waals surface area contributed by atoms with Gasteiger partial charge in [-0.2, -0.15) is 13.2 Å². The molecule has 0 aliphatic heterocycles. The third-order valence-electron chi connectivity index (χ3n) is 1.87. The highest BCUT2D eigenvalue weighted by Gasteiger charge is 2.37. The molecule has 16 heavy (non-hydrogen) atoms. The van der Waals surface area contributed by atoms with E-state index in [9.17, 15) is 13.2 Å². The second-order valence-corrected chi connectivity index (χ2v) is 3.48. The maximum atomic E-state index is 12.2. The molecule has 0 radical (unpaired) electrons. The van der Waals surface area contributed by atoms with Crippen LogP contribution in [-0.2, 0) is 6.18 Å². The number of hydrogen-bond donors (Lipinski definition) is 0. The molecule has 2 rings (SSSR count). The van der Waals surface area contributed by atoms with E-state index in [2.05, 4.69) is 9.40 Å². The minimum absolute atomic E-state index is 0.106. The van der Waals surface area contributed by atoms with Crippen LogP contribution in [0.5, 0.6) is 0 Å². The Bertz CT molecular complexity index is 507. The average Bonchev–Trinajstić information content (AvgIpc) is 2.65. The maximum absolute atomic E-state index is 12.2. The van der Waals surface area contributed by atoms with Gasteiger partial charge in [-0.3, -0.25) is 0 Å². The van der Waals surface area contributed by atoms with Crippen LogP contribution in [0.25, 0.3) is 11.3 Å². The lowest BCUT2D eigenvalue weighted by atomic mass is 10.2. The van der Waals surface area contributed by atoms with Crippen LogP contribution in [0.1, 0.15) is 5.89 Å². The summed E-state index contributed by atoms with van der Waals surface area (Å²) in [4.78, 5) is 3.34. The van der Waals surface area contributed by atoms with Gasteiger partial charge in [-0.1, -0.05) is 23.7 Å². The first-order valence-corrected chi connectivity index (χ1v) is 4.63. The molecule has 0 spiro atoms. The summed E-state index contributed by atoms with van der Waals surface area (Å²) < 4.78 is 41.0. The summed E-state index contributed by atoms with van der Waals surface area (Å²) in [5.41, 5.74) is 0.585. The number of aromatic nitrogens is 1. The van der Waals surface area contributed by atoms with Gasteiger partial charge in [0.15, 0.2) is 0 Å². The van der Waals surface area contributed by atoms with Crippen molar-refractivity contribution < 1.29 is 17.6 Å². The lowest BCUT2D eigenvalue weighted by Gasteiger charge is -1.98. The third-order valence-corrected chi connectivity index (χ3v) is 2.10. The smallest absolute Gasteiger partial charge is 0.441 e. The lowest BCUT2D eigenvalue weighted by molar-refractivity contribution is -0.157. The van der Waals surface area contributed by atoms with Crippen molar-refractivity contribution in [3.63, 3.8) is 0 Å². The van der Waals surface area contributed by atoms with E-state index in [4.69, 9.17) is 11.6 Å². The molecule has 1 aromatic carbocycles. The van der Waals surface area contributed by atoms with Gasteiger partial charge in [-0.15, -0.1) is 0 Å². The van der Waals surface area contributed by atoms with Gasteiger partial charge < -0.3 is 4.42 Å². The molecule has 1 aromatic heterocycles. The van der Waals surface area contributed by atoms with E-state index in [-0.39, 0.29) is 5.69 Å². The molecule has 0 fully saturated rings. The highest BCUT2D eigenvalue weighted by atomic mass is 35.5. The Labute approximate surface area is 93.7 Å². The molecule has 0 aliphatic carbocycles. The van der Waals surface area contributed by atoms with Crippen molar-refractivity contribution in [1.82, 2.24) is 4.98 Å². The van der Waals surface area contributed by atoms with Crippen LogP contribution in [0.15, 0.2) is 34.9 Å². The first kappa shape index (κ1) is 11.0. The number of nitrogens with zero attached hydrogens (tertiary/aromatic N) is 1. The summed E-state index contributed by atoms with van der Waals surface area (Å²) >= 11 is 5.71. The van der Waals surface area contributed by atoms with Crippen molar-refractivity contribution in [3.05, 3.63) is 41.4 Å². The van der Waals surface area contributed by atoms with E-state index in [1.165, 1.54) is 6.07 Å². The van der Waals surface area contributed by atoms with Gasteiger partial charge in [0.2, 0.25) is 0 Å². The molecule has 0 N–H and O–H groups in total. The fraction of sp³-hybridized carbons (Fsp3) is 0.100. The Morgan fingerprint density at radius 2 is 2.00 bits per heavy atom. The monoisotopic (exact) mass is 247 g/mol. The van der Waals surface area contributed by atoms with Gasteiger partial charge in [0.25, 0.3) is 0 Å². The van der Waals surface area contributed by atoms with Crippen molar-refractivity contribution in [3.8, 4) is 11.3 Å². The van der Waals surface area contributed by atoms with Crippen LogP contribution in [0.2, 0.25) is 5.02 Å². The van der Waals surface area contributed by atoms with Crippen molar-refractivity contribution in [2.24, 2.45) is 0 Å². The zero-order valence-electron chi connectivity index (χ0n) is 7.75. The molecule has 6 heteroatoms. The van der Waals surface area contributed by atoms with Crippen molar-refractivity contribution >= 4 is 11.6 Å². The predicted octanol–water partition coefficient (Wildman–Crippen LogP) is 4.01. The van der Waals surface area contributed by atoms with Crippen LogP contribution in [0.4, 0.5) is 13.2 Å². The van der Waals surface area contributed by atoms with E-state index in [0.717, 1.165) is 6.26 Å². The molecule has 2 aromatic rings. The molecule has 84 valence electrons. The van der Waals surface area contributed by atoms with Gasteiger partial charge >= 0.3 is 12.1 Å². The average molecular weight is 248 g/mol. The van der Waals surface area contributed by atoms with E-state index < -0.39 is 12.1 Å². The quantitative estimate of drug-likeness (QED) is 0.761. The fourth-order valence-electron chi connectivity index (χ4n) is 1.18. The van der Waals surface area contributed by atoms with Crippen LogP contribution >= 0.6 is 11.6 Å². The number of hydrogen-bond acceptors (Lipinski definition) is 2. The third kappa shape index (κ3) is 2.19. The standard InChI is InChI=1S/C10H5ClF3NO/c11-7-3-1-2-6(4-7)8-5-16-9(15-8)10(12,13)14/h1-5H. The Morgan fingerprint density at radius 1 is 1.25 bits per heavy atom. The van der Waals surface area contributed by atoms with Crippen LogP contribution in [0, 0.1) is 0 Å². The largest absolute Gasteiger partial charge is 0.468 e. The first-order chi connectivity index (χ1) is 7.47. The Kier molecular flexibility index (Phi) is 2.63. The molecule has 2 nitrogen and oxygen atoms in total. The van der Waals surface area contributed by atoms with Crippen molar-refractivity contribution in [1.29, 1.82) is 0 Å². The van der Waals surface area contributed by atoms with E-state index in [1.54, 1.807) is 18.2 Å². The van der Waals surface area contributed by atoms with Gasteiger partial charge in [-0.25, -0.2) is 4.98 Å². The molecule has 1 heterocycles. The summed E-state index contributed by atoms with van der Waals surface area (Å²) in [6.45, 7) is 0. The summed E-state index contributed by atoms with van der Waals surface area (Å²) in [6.07, 6.45) is -3.62. The Balaban J connectivity index is 2.39. The molecular formula is C10H5ClF3NO. The number of rotatable bonds is 1. The van der Waals surface area contributed by atoms with Crippen LogP contribution in [-0.4, -0.2) is 4.98 Å². The summed E-state index contributed by atoms with van der Waals surface area (Å²) in [6, 6.07) is 6.36. The van der Waals surface area contributed by atoms with Gasteiger partial charge in [-0.05, 0) is 12.1 Å². The molecule has 0 bridgehead atoms. The molecule has 0 saturated heterocycles. The maximum Gasteiger partial charge on any atom is 0.468 e. The normalized spacial score (nSPS) is 11.8. The Morgan fingerprint density at radius 3 is 2.56 bits per heavy atom. The van der Waals surface area contributed by atoms with Crippen LogP contribution in [0.3, 0.4) is 0 Å². The number of oxazole rings is 1. The second-order valence-electron chi connectivity index (χ2n) is 3.05. The minimum atomic E-state index is -4.57. The summed E-state index contributed by atoms with van der Waals surface area (Å²) in [5.74, 6) is -1.26. The van der Waals surface area contributed by atoms with Crippen molar-refractivity contribution in [2.45, 2.75) is 6.18 Å². The second kappa shape index (κ2) is 3.83. The van der Waals surface area contributed by atoms with E-state index >= 15 is 0 Å². The highest BCUT2D eigenvalue weighted by molar-refractivity contribution is 6.30. The van der Waals surface area contributed by atoms with Crippen LogP contribution < -0.4 is 0 Å². The zero-order valence-corrected chi connectivity index (χ0v) is 8.51. The molecule has 0 amide bonds. The van der Waals surface area contributed by atoms with E-state index in [0.29, 0.717) is 10.6 Å². The SMILES string of the molecule is FC(F)(F)c1nc(-c2cccc(Cl)c2)co1. The van der Waals surface area contributed by atoms with E-state index in [1.807, 2.05) is 0 Å². The fourth-order valence-corrected chi connectivity index (χ4v) is 1.37. The van der Waals surface area contributed by atoms with Crippen molar-refractivity contribution in [2.75, 3.05) is 0 Å². The summed E-state index contributed by atoms with van der Waals surface area (Å²) in [7, 11) is 0. The lowest BCUT2D eigenvalue weighted by Crippen LogP contribution is -2.04.